The van der Waals surface area contributed by atoms with Crippen LogP contribution in [-0.4, -0.2) is 96.0 Å². The van der Waals surface area contributed by atoms with Crippen molar-refractivity contribution in [1.82, 2.24) is 0 Å². The summed E-state index contributed by atoms with van der Waals surface area (Å²) in [6.07, 6.45) is 48.5. The topological polar surface area (TPSA) is 186 Å². The number of carbonyl (C=O) groups is 2. The normalized spacial score (nSPS) is 20.4. The summed E-state index contributed by atoms with van der Waals surface area (Å²) in [4.78, 5) is 25.4. The van der Waals surface area contributed by atoms with E-state index >= 15 is 0 Å². The lowest BCUT2D eigenvalue weighted by Crippen LogP contribution is -2.60. The first-order valence-electron chi connectivity index (χ1n) is 24.4. The molecule has 0 aromatic rings. The van der Waals surface area contributed by atoms with Crippen molar-refractivity contribution in [3.63, 3.8) is 0 Å². The molecule has 66 heavy (non-hydrogen) atoms. The fourth-order valence-electron chi connectivity index (χ4n) is 6.52. The van der Waals surface area contributed by atoms with Gasteiger partial charge in [-0.05, 0) is 96.3 Å². The minimum absolute atomic E-state index is 0.0267. The summed E-state index contributed by atoms with van der Waals surface area (Å²) in [5.74, 6) is -2.15. The van der Waals surface area contributed by atoms with Crippen molar-refractivity contribution in [2.24, 2.45) is 0 Å². The van der Waals surface area contributed by atoms with Crippen molar-refractivity contribution >= 4 is 22.1 Å². The molecular weight excluding hydrogens is 861 g/mol. The zero-order valence-corrected chi connectivity index (χ0v) is 40.8. The number of aliphatic hydroxyl groups excluding tert-OH is 3. The van der Waals surface area contributed by atoms with Crippen LogP contribution in [0, 0.1) is 0 Å². The summed E-state index contributed by atoms with van der Waals surface area (Å²) in [6, 6.07) is 0. The predicted molar refractivity (Wildman–Crippen MR) is 265 cm³/mol. The Labute approximate surface area is 397 Å². The van der Waals surface area contributed by atoms with E-state index in [-0.39, 0.29) is 19.4 Å². The minimum Gasteiger partial charge on any atom is -0.462 e. The maximum absolute atomic E-state index is 12.8. The smallest absolute Gasteiger partial charge is 0.306 e. The van der Waals surface area contributed by atoms with Gasteiger partial charge in [0.05, 0.1) is 6.61 Å². The second-order valence-corrected chi connectivity index (χ2v) is 17.9. The van der Waals surface area contributed by atoms with E-state index in [0.29, 0.717) is 19.3 Å². The van der Waals surface area contributed by atoms with E-state index in [1.165, 1.54) is 38.5 Å². The third kappa shape index (κ3) is 35.5. The van der Waals surface area contributed by atoms with Crippen LogP contribution in [0.5, 0.6) is 0 Å². The molecule has 1 aliphatic rings. The van der Waals surface area contributed by atoms with Crippen LogP contribution in [-0.2, 0) is 38.7 Å². The van der Waals surface area contributed by atoms with Crippen LogP contribution in [0.2, 0.25) is 0 Å². The highest BCUT2D eigenvalue weighted by Gasteiger charge is 2.46. The molecule has 13 heteroatoms. The molecule has 0 saturated carbocycles. The van der Waals surface area contributed by atoms with Crippen LogP contribution in [0.15, 0.2) is 109 Å². The minimum atomic E-state index is -4.62. The summed E-state index contributed by atoms with van der Waals surface area (Å²) >= 11 is 0. The Morgan fingerprint density at radius 1 is 0.515 bits per heavy atom. The first-order valence-corrected chi connectivity index (χ1v) is 26.1. The fraction of sp³-hybridized carbons (Fsp3) is 0.623. The predicted octanol–water partition coefficient (Wildman–Crippen LogP) is 10.8. The van der Waals surface area contributed by atoms with Gasteiger partial charge in [0, 0.05) is 12.8 Å². The molecule has 2 unspecified atom stereocenters. The van der Waals surface area contributed by atoms with Gasteiger partial charge in [0.2, 0.25) is 0 Å². The van der Waals surface area contributed by atoms with E-state index in [2.05, 4.69) is 105 Å². The second kappa shape index (κ2) is 41.5. The number of unbranched alkanes of at least 4 members (excludes halogenated alkanes) is 9. The van der Waals surface area contributed by atoms with Crippen molar-refractivity contribution in [1.29, 1.82) is 0 Å². The molecule has 1 saturated heterocycles. The Balaban J connectivity index is 2.51. The van der Waals surface area contributed by atoms with Gasteiger partial charge in [0.1, 0.15) is 36.8 Å². The zero-order valence-electron chi connectivity index (χ0n) is 40.0. The molecule has 0 aromatic carbocycles. The summed E-state index contributed by atoms with van der Waals surface area (Å²) < 4.78 is 54.0. The second-order valence-electron chi connectivity index (χ2n) is 16.4. The van der Waals surface area contributed by atoms with E-state index in [4.69, 9.17) is 18.9 Å². The molecule has 0 bridgehead atoms. The SMILES string of the molecule is CCCCC/C=C/C/C=C/C/C=C/C/C=C/C/C=C/CCC(=O)O[C@H](COC(=O)CCCCC/C=C/C/C=C/C/C=C/C/C=C/CCCCC)CO[C@H]1O[C@H](CS(=O)(=O)O)[C@@H](O)C(O)C1O. The average Bonchev–Trinajstić information content (AvgIpc) is 3.28. The van der Waals surface area contributed by atoms with Crippen molar-refractivity contribution in [3.8, 4) is 0 Å². The van der Waals surface area contributed by atoms with Crippen molar-refractivity contribution in [2.45, 2.75) is 192 Å². The number of ether oxygens (including phenoxy) is 4. The van der Waals surface area contributed by atoms with Gasteiger partial charge in [-0.2, -0.15) is 8.42 Å². The van der Waals surface area contributed by atoms with Crippen LogP contribution in [0.4, 0.5) is 0 Å². The van der Waals surface area contributed by atoms with Crippen molar-refractivity contribution in [3.05, 3.63) is 109 Å². The van der Waals surface area contributed by atoms with Crippen LogP contribution >= 0.6 is 0 Å². The van der Waals surface area contributed by atoms with Gasteiger partial charge >= 0.3 is 11.9 Å². The molecule has 1 fully saturated rings. The van der Waals surface area contributed by atoms with Gasteiger partial charge in [-0.25, -0.2) is 0 Å². The lowest BCUT2D eigenvalue weighted by Gasteiger charge is -2.40. The average molecular weight is 945 g/mol. The molecule has 1 aliphatic heterocycles. The molecule has 0 amide bonds. The highest BCUT2D eigenvalue weighted by atomic mass is 32.2. The highest BCUT2D eigenvalue weighted by molar-refractivity contribution is 7.85. The first kappa shape index (κ1) is 60.3. The lowest BCUT2D eigenvalue weighted by atomic mass is 10.00. The molecular formula is C53H84O12S. The van der Waals surface area contributed by atoms with Crippen LogP contribution in [0.1, 0.15) is 155 Å². The highest BCUT2D eigenvalue weighted by Crippen LogP contribution is 2.24. The number of allylic oxidation sites excluding steroid dienone is 18. The largest absolute Gasteiger partial charge is 0.462 e. The quantitative estimate of drug-likeness (QED) is 0.0198. The van der Waals surface area contributed by atoms with Gasteiger partial charge in [-0.3, -0.25) is 14.1 Å². The van der Waals surface area contributed by atoms with Crippen molar-refractivity contribution < 1.29 is 56.8 Å². The standard InChI is InChI=1S/C53H84O12S/c1-3-5-7-9-11-13-15-17-19-21-23-25-27-29-31-33-35-37-39-41-48(54)62-43-46(44-63-53-52(58)51(57)50(56)47(65-53)45-66(59,60)61)64-49(55)42-40-38-36-34-32-30-28-26-24-22-20-18-16-14-12-10-8-6-4-2/h11-14,17-20,23-26,29-32,36,38,46-47,50-53,56-58H,3-10,15-16,21-22,27-28,33-35,37,39-45H2,1-2H3,(H,59,60,61)/b13-11+,14-12+,19-17+,20-18+,25-23+,26-24+,31-29+,32-30+,38-36+/t46-,47-,50-,51?,52?,53+/m1/s1. The Morgan fingerprint density at radius 3 is 1.38 bits per heavy atom. The molecule has 1 rings (SSSR count). The Bertz CT molecular complexity index is 1620. The summed E-state index contributed by atoms with van der Waals surface area (Å²) in [5, 5.41) is 30.9. The van der Waals surface area contributed by atoms with E-state index < -0.39 is 71.2 Å². The third-order valence-electron chi connectivity index (χ3n) is 10.3. The van der Waals surface area contributed by atoms with Gasteiger partial charge in [0.25, 0.3) is 10.1 Å². The van der Waals surface area contributed by atoms with Crippen LogP contribution < -0.4 is 0 Å². The molecule has 12 nitrogen and oxygen atoms in total. The number of hydrogen-bond donors (Lipinski definition) is 4. The van der Waals surface area contributed by atoms with Crippen LogP contribution in [0.25, 0.3) is 0 Å². The molecule has 1 heterocycles. The van der Waals surface area contributed by atoms with Gasteiger partial charge in [-0.1, -0.05) is 155 Å². The molecule has 0 radical (unpaired) electrons. The van der Waals surface area contributed by atoms with Gasteiger partial charge in [0.15, 0.2) is 12.4 Å². The van der Waals surface area contributed by atoms with Gasteiger partial charge in [-0.15, -0.1) is 0 Å². The Kier molecular flexibility index (Phi) is 37.9. The maximum atomic E-state index is 12.8. The monoisotopic (exact) mass is 945 g/mol. The zero-order chi connectivity index (χ0) is 48.4. The third-order valence-corrected chi connectivity index (χ3v) is 11.1. The summed E-state index contributed by atoms with van der Waals surface area (Å²) in [7, 11) is -4.62. The maximum Gasteiger partial charge on any atom is 0.306 e. The number of rotatable bonds is 39. The van der Waals surface area contributed by atoms with Crippen molar-refractivity contribution in [2.75, 3.05) is 19.0 Å². The van der Waals surface area contributed by atoms with Gasteiger partial charge < -0.3 is 34.3 Å². The summed E-state index contributed by atoms with van der Waals surface area (Å²) in [5.41, 5.74) is 0. The molecule has 0 spiro atoms. The lowest BCUT2D eigenvalue weighted by molar-refractivity contribution is -0.297. The van der Waals surface area contributed by atoms with Crippen LogP contribution in [0.3, 0.4) is 0 Å². The number of carbonyl (C=O) groups excluding carboxylic acids is 2. The number of hydrogen-bond acceptors (Lipinski definition) is 11. The fourth-order valence-corrected chi connectivity index (χ4v) is 7.21. The number of esters is 2. The van der Waals surface area contributed by atoms with E-state index in [0.717, 1.165) is 70.6 Å². The molecule has 0 aromatic heterocycles. The van der Waals surface area contributed by atoms with E-state index in [1.54, 1.807) is 0 Å². The molecule has 0 aliphatic carbocycles. The molecule has 6 atom stereocenters. The first-order chi connectivity index (χ1) is 32.0. The van der Waals surface area contributed by atoms with E-state index in [9.17, 15) is 37.9 Å². The Morgan fingerprint density at radius 2 is 0.939 bits per heavy atom. The molecule has 4 N–H and O–H groups in total. The molecule has 374 valence electrons. The number of aliphatic hydroxyl groups is 3. The summed E-state index contributed by atoms with van der Waals surface area (Å²) in [6.45, 7) is 3.61. The van der Waals surface area contributed by atoms with E-state index in [1.807, 2.05) is 18.2 Å². The Hall–Kier alpha value is -3.69.